The van der Waals surface area contributed by atoms with Gasteiger partial charge in [0.05, 0.1) is 11.1 Å². The Kier molecular flexibility index (Phi) is 32.6. The molecule has 0 aliphatic carbocycles. The molecule has 256 valence electrons. The van der Waals surface area contributed by atoms with Crippen LogP contribution in [-0.4, -0.2) is 22.2 Å². The van der Waals surface area contributed by atoms with E-state index in [1.807, 2.05) is 12.2 Å². The van der Waals surface area contributed by atoms with Crippen molar-refractivity contribution in [2.24, 2.45) is 0 Å². The van der Waals surface area contributed by atoms with Crippen LogP contribution in [0.15, 0.2) is 35.5 Å². The first-order valence-electron chi connectivity index (χ1n) is 19.1. The Morgan fingerprint density at radius 1 is 0.364 bits per heavy atom. The summed E-state index contributed by atoms with van der Waals surface area (Å²) in [5.41, 5.74) is -0.250. The van der Waals surface area contributed by atoms with Gasteiger partial charge in [-0.3, -0.25) is 0 Å². The molecule has 4 heteroatoms. The highest BCUT2D eigenvalue weighted by Crippen LogP contribution is 2.16. The molecule has 0 aromatic heterocycles. The highest BCUT2D eigenvalue weighted by atomic mass is 16.4. The van der Waals surface area contributed by atoms with Gasteiger partial charge in [-0.2, -0.15) is 0 Å². The van der Waals surface area contributed by atoms with Crippen molar-refractivity contribution >= 4 is 11.9 Å². The van der Waals surface area contributed by atoms with Crippen molar-refractivity contribution in [3.63, 3.8) is 0 Å². The zero-order valence-corrected chi connectivity index (χ0v) is 29.2. The number of hydrogen-bond acceptors (Lipinski definition) is 2. The first-order valence-corrected chi connectivity index (χ1v) is 19.1. The Bertz CT molecular complexity index is 686. The van der Waals surface area contributed by atoms with Gasteiger partial charge in [0, 0.05) is 0 Å². The predicted molar refractivity (Wildman–Crippen MR) is 190 cm³/mol. The number of carbonyl (C=O) groups is 2. The van der Waals surface area contributed by atoms with Crippen LogP contribution in [0.5, 0.6) is 0 Å². The Labute approximate surface area is 273 Å². The molecule has 0 aliphatic rings. The van der Waals surface area contributed by atoms with E-state index in [1.165, 1.54) is 166 Å². The van der Waals surface area contributed by atoms with E-state index in [-0.39, 0.29) is 11.1 Å². The van der Waals surface area contributed by atoms with Crippen LogP contribution in [0.1, 0.15) is 206 Å². The lowest BCUT2D eigenvalue weighted by Gasteiger charge is -2.03. The highest BCUT2D eigenvalue weighted by molar-refractivity contribution is 6.02. The molecule has 0 bridgehead atoms. The third-order valence-corrected chi connectivity index (χ3v) is 8.77. The van der Waals surface area contributed by atoms with Crippen molar-refractivity contribution in [2.75, 3.05) is 0 Å². The second-order valence-corrected chi connectivity index (χ2v) is 13.0. The second-order valence-electron chi connectivity index (χ2n) is 13.0. The SMILES string of the molecule is CCCCCCCCCCCCCCCCC=C/C(C(=O)O)=C(/C=CCCCCCCCCCCCCCCCC)C(=O)O. The number of aliphatic carboxylic acids is 2. The summed E-state index contributed by atoms with van der Waals surface area (Å²) in [6.45, 7) is 4.53. The monoisotopic (exact) mass is 617 g/mol. The van der Waals surface area contributed by atoms with Crippen molar-refractivity contribution in [1.29, 1.82) is 0 Å². The van der Waals surface area contributed by atoms with Crippen LogP contribution in [0.25, 0.3) is 0 Å². The van der Waals surface area contributed by atoms with E-state index in [2.05, 4.69) is 13.8 Å². The zero-order valence-electron chi connectivity index (χ0n) is 29.2. The third-order valence-electron chi connectivity index (χ3n) is 8.77. The number of hydrogen-bond donors (Lipinski definition) is 2. The summed E-state index contributed by atoms with van der Waals surface area (Å²) in [5, 5.41) is 19.3. The molecule has 0 spiro atoms. The maximum atomic E-state index is 11.8. The average Bonchev–Trinajstić information content (AvgIpc) is 3.00. The average molecular weight is 617 g/mol. The maximum absolute atomic E-state index is 11.8. The van der Waals surface area contributed by atoms with Crippen molar-refractivity contribution in [3.8, 4) is 0 Å². The fourth-order valence-electron chi connectivity index (χ4n) is 5.87. The van der Waals surface area contributed by atoms with E-state index in [0.717, 1.165) is 38.5 Å². The first kappa shape index (κ1) is 42.2. The summed E-state index contributed by atoms with van der Waals surface area (Å²) in [6, 6.07) is 0. The van der Waals surface area contributed by atoms with Crippen molar-refractivity contribution in [3.05, 3.63) is 35.5 Å². The Balaban J connectivity index is 4.02. The molecule has 0 rings (SSSR count). The van der Waals surface area contributed by atoms with Crippen LogP contribution < -0.4 is 0 Å². The van der Waals surface area contributed by atoms with Crippen molar-refractivity contribution in [2.45, 2.75) is 206 Å². The maximum Gasteiger partial charge on any atom is 0.336 e. The number of carboxylic acid groups (broad SMARTS) is 2. The Hall–Kier alpha value is -1.84. The van der Waals surface area contributed by atoms with Gasteiger partial charge in [-0.05, 0) is 25.7 Å². The molecule has 0 unspecified atom stereocenters. The molecule has 0 aliphatic heterocycles. The lowest BCUT2D eigenvalue weighted by Crippen LogP contribution is -2.08. The summed E-state index contributed by atoms with van der Waals surface area (Å²) in [7, 11) is 0. The van der Waals surface area contributed by atoms with Gasteiger partial charge in [0.15, 0.2) is 0 Å². The third kappa shape index (κ3) is 28.9. The normalized spacial score (nSPS) is 12.4. The molecular weight excluding hydrogens is 544 g/mol. The number of unbranched alkanes of at least 4 members (excludes halogenated alkanes) is 28. The molecule has 2 N–H and O–H groups in total. The fourth-order valence-corrected chi connectivity index (χ4v) is 5.87. The van der Waals surface area contributed by atoms with Gasteiger partial charge >= 0.3 is 11.9 Å². The molecule has 0 amide bonds. The van der Waals surface area contributed by atoms with Gasteiger partial charge in [0.1, 0.15) is 0 Å². The van der Waals surface area contributed by atoms with Crippen LogP contribution in [-0.2, 0) is 9.59 Å². The van der Waals surface area contributed by atoms with Gasteiger partial charge in [-0.15, -0.1) is 0 Å². The molecule has 0 heterocycles. The quantitative estimate of drug-likeness (QED) is 0.0428. The smallest absolute Gasteiger partial charge is 0.336 e. The Morgan fingerprint density at radius 3 is 0.773 bits per heavy atom. The van der Waals surface area contributed by atoms with E-state index in [1.54, 1.807) is 0 Å². The molecule has 0 fully saturated rings. The lowest BCUT2D eigenvalue weighted by atomic mass is 10.0. The zero-order chi connectivity index (χ0) is 32.4. The van der Waals surface area contributed by atoms with Crippen molar-refractivity contribution in [1.82, 2.24) is 0 Å². The van der Waals surface area contributed by atoms with E-state index >= 15 is 0 Å². The van der Waals surface area contributed by atoms with Crippen molar-refractivity contribution < 1.29 is 19.8 Å². The number of allylic oxidation sites excluding steroid dienone is 2. The molecule has 4 nitrogen and oxygen atoms in total. The summed E-state index contributed by atoms with van der Waals surface area (Å²) in [4.78, 5) is 23.6. The van der Waals surface area contributed by atoms with E-state index in [9.17, 15) is 19.8 Å². The van der Waals surface area contributed by atoms with Crippen LogP contribution in [0.2, 0.25) is 0 Å². The summed E-state index contributed by atoms with van der Waals surface area (Å²) >= 11 is 0. The Morgan fingerprint density at radius 2 is 0.568 bits per heavy atom. The largest absolute Gasteiger partial charge is 0.478 e. The minimum atomic E-state index is -1.18. The van der Waals surface area contributed by atoms with Gasteiger partial charge < -0.3 is 10.2 Å². The molecule has 0 saturated heterocycles. The van der Waals surface area contributed by atoms with Crippen LogP contribution in [0.4, 0.5) is 0 Å². The molecular formula is C40H72O4. The topological polar surface area (TPSA) is 74.6 Å². The van der Waals surface area contributed by atoms with Crippen LogP contribution >= 0.6 is 0 Å². The van der Waals surface area contributed by atoms with Gasteiger partial charge in [-0.1, -0.05) is 205 Å². The van der Waals surface area contributed by atoms with Gasteiger partial charge in [-0.25, -0.2) is 9.59 Å². The highest BCUT2D eigenvalue weighted by Gasteiger charge is 2.15. The standard InChI is InChI=1S/C40H72O4/c1-3-5-7-9-11-13-15-17-19-21-23-25-27-29-31-33-35-37(39(41)42)38(40(43)44)36-34-32-30-28-26-24-22-20-18-16-14-12-10-8-6-4-2/h33-36H,3-32H2,1-2H3,(H,41,42)(H,43,44)/b35-33?,36-34?,38-37+. The predicted octanol–water partition coefficient (Wildman–Crippen LogP) is 13.3. The lowest BCUT2D eigenvalue weighted by molar-refractivity contribution is -0.135. The summed E-state index contributed by atoms with van der Waals surface area (Å²) in [6.07, 6.45) is 44.8. The minimum Gasteiger partial charge on any atom is -0.478 e. The van der Waals surface area contributed by atoms with E-state index < -0.39 is 11.9 Å². The number of carboxylic acids is 2. The van der Waals surface area contributed by atoms with E-state index in [4.69, 9.17) is 0 Å². The molecule has 0 aromatic rings. The van der Waals surface area contributed by atoms with Crippen LogP contribution in [0, 0.1) is 0 Å². The number of rotatable bonds is 34. The van der Waals surface area contributed by atoms with Crippen LogP contribution in [0.3, 0.4) is 0 Å². The fraction of sp³-hybridized carbons (Fsp3) is 0.800. The summed E-state index contributed by atoms with van der Waals surface area (Å²) in [5.74, 6) is -2.36. The first-order chi connectivity index (χ1) is 21.5. The minimum absolute atomic E-state index is 0.125. The summed E-state index contributed by atoms with van der Waals surface area (Å²) < 4.78 is 0. The molecule has 0 atom stereocenters. The molecule has 44 heavy (non-hydrogen) atoms. The second kappa shape index (κ2) is 34.0. The van der Waals surface area contributed by atoms with Gasteiger partial charge in [0.2, 0.25) is 0 Å². The molecule has 0 saturated carbocycles. The van der Waals surface area contributed by atoms with E-state index in [0.29, 0.717) is 0 Å². The van der Waals surface area contributed by atoms with Gasteiger partial charge in [0.25, 0.3) is 0 Å². The molecule has 0 radical (unpaired) electrons. The molecule has 0 aromatic carbocycles.